The number of aliphatic carboxylic acids is 1. The molecule has 0 saturated carbocycles. The number of nitrogens with zero attached hydrogens (tertiary/aromatic N) is 1. The molecule has 0 aliphatic carbocycles. The predicted molar refractivity (Wildman–Crippen MR) is 81.2 cm³/mol. The van der Waals surface area contributed by atoms with E-state index in [0.29, 0.717) is 4.34 Å². The fourth-order valence-electron chi connectivity index (χ4n) is 1.60. The maximum atomic E-state index is 12.4. The van der Waals surface area contributed by atoms with E-state index >= 15 is 0 Å². The average molecular weight is 353 g/mol. The summed E-state index contributed by atoms with van der Waals surface area (Å²) < 4.78 is 0.542. The zero-order valence-electron chi connectivity index (χ0n) is 11.4. The first-order valence-corrected chi connectivity index (χ1v) is 7.54. The van der Waals surface area contributed by atoms with E-state index in [4.69, 9.17) is 28.3 Å². The van der Waals surface area contributed by atoms with Crippen LogP contribution < -0.4 is 5.32 Å². The summed E-state index contributed by atoms with van der Waals surface area (Å²) in [4.78, 5) is 35.5. The number of carbonyl (C=O) groups is 3. The van der Waals surface area contributed by atoms with Crippen molar-refractivity contribution in [3.05, 3.63) is 20.3 Å². The van der Waals surface area contributed by atoms with Crippen LogP contribution in [0.3, 0.4) is 0 Å². The van der Waals surface area contributed by atoms with Crippen molar-refractivity contribution in [2.24, 2.45) is 0 Å². The number of thiophene rings is 1. The fourth-order valence-corrected chi connectivity index (χ4v) is 3.05. The quantitative estimate of drug-likeness (QED) is 0.820. The third-order valence-corrected chi connectivity index (χ3v) is 4.19. The molecule has 2 N–H and O–H groups in total. The summed E-state index contributed by atoms with van der Waals surface area (Å²) in [6.45, 7) is 2.92. The van der Waals surface area contributed by atoms with E-state index in [9.17, 15) is 14.4 Å². The first kappa shape index (κ1) is 17.7. The zero-order chi connectivity index (χ0) is 16.2. The highest BCUT2D eigenvalue weighted by Gasteiger charge is 2.28. The Labute approximate surface area is 135 Å². The van der Waals surface area contributed by atoms with E-state index in [-0.39, 0.29) is 28.9 Å². The molecule has 0 fully saturated rings. The minimum absolute atomic E-state index is 0.0513. The summed E-state index contributed by atoms with van der Waals surface area (Å²) in [5.74, 6) is -1.95. The van der Waals surface area contributed by atoms with Crippen molar-refractivity contribution >= 4 is 52.3 Å². The molecule has 1 heterocycles. The topological polar surface area (TPSA) is 86.7 Å². The van der Waals surface area contributed by atoms with Gasteiger partial charge in [-0.2, -0.15) is 0 Å². The monoisotopic (exact) mass is 352 g/mol. The van der Waals surface area contributed by atoms with Gasteiger partial charge in [-0.05, 0) is 13.0 Å². The van der Waals surface area contributed by atoms with Crippen LogP contribution in [-0.4, -0.2) is 46.9 Å². The van der Waals surface area contributed by atoms with Gasteiger partial charge in [0.25, 0.3) is 5.91 Å². The van der Waals surface area contributed by atoms with Gasteiger partial charge in [0.05, 0.1) is 9.90 Å². The van der Waals surface area contributed by atoms with E-state index in [2.05, 4.69) is 5.32 Å². The van der Waals surface area contributed by atoms with Crippen LogP contribution >= 0.6 is 34.5 Å². The number of carboxylic acids is 1. The van der Waals surface area contributed by atoms with Crippen molar-refractivity contribution in [3.63, 3.8) is 0 Å². The van der Waals surface area contributed by atoms with Gasteiger partial charge in [-0.3, -0.25) is 9.59 Å². The van der Waals surface area contributed by atoms with Crippen LogP contribution in [0.1, 0.15) is 24.2 Å². The molecule has 116 valence electrons. The van der Waals surface area contributed by atoms with Gasteiger partial charge in [0.1, 0.15) is 10.4 Å². The molecule has 0 bridgehead atoms. The molecule has 21 heavy (non-hydrogen) atoms. The van der Waals surface area contributed by atoms with Crippen LogP contribution in [0, 0.1) is 0 Å². The number of amides is 2. The maximum Gasteiger partial charge on any atom is 0.326 e. The van der Waals surface area contributed by atoms with Crippen molar-refractivity contribution in [1.82, 2.24) is 10.2 Å². The van der Waals surface area contributed by atoms with Gasteiger partial charge in [0.2, 0.25) is 5.91 Å². The molecular weight excluding hydrogens is 339 g/mol. The highest BCUT2D eigenvalue weighted by molar-refractivity contribution is 7.20. The summed E-state index contributed by atoms with van der Waals surface area (Å²) in [6.07, 6.45) is 0. The fraction of sp³-hybridized carbons (Fsp3) is 0.417. The van der Waals surface area contributed by atoms with E-state index in [1.54, 1.807) is 0 Å². The molecule has 1 atom stereocenters. The van der Waals surface area contributed by atoms with Crippen LogP contribution in [0.15, 0.2) is 6.07 Å². The predicted octanol–water partition coefficient (Wildman–Crippen LogP) is 2.11. The first-order chi connectivity index (χ1) is 9.73. The van der Waals surface area contributed by atoms with Crippen LogP contribution in [0.5, 0.6) is 0 Å². The second-order valence-electron chi connectivity index (χ2n) is 4.23. The Hall–Kier alpha value is -1.31. The Morgan fingerprint density at radius 3 is 2.48 bits per heavy atom. The Balaban J connectivity index is 2.94. The second-order valence-corrected chi connectivity index (χ2v) is 6.52. The molecule has 0 radical (unpaired) electrons. The Morgan fingerprint density at radius 1 is 1.43 bits per heavy atom. The molecule has 1 aromatic rings. The number of nitrogens with one attached hydrogen (secondary N) is 1. The van der Waals surface area contributed by atoms with Crippen molar-refractivity contribution in [2.45, 2.75) is 19.9 Å². The third-order valence-electron chi connectivity index (χ3n) is 2.70. The highest BCUT2D eigenvalue weighted by atomic mass is 35.5. The second kappa shape index (κ2) is 7.63. The van der Waals surface area contributed by atoms with Crippen LogP contribution in [-0.2, 0) is 9.59 Å². The molecule has 6 nitrogen and oxygen atoms in total. The summed E-state index contributed by atoms with van der Waals surface area (Å²) in [5.41, 5.74) is 0.155. The van der Waals surface area contributed by atoms with Gasteiger partial charge < -0.3 is 15.3 Å². The Bertz CT molecular complexity index is 561. The lowest BCUT2D eigenvalue weighted by Gasteiger charge is -2.26. The number of carbonyl (C=O) groups excluding carboxylic acids is 2. The number of hydrogen-bond acceptors (Lipinski definition) is 4. The largest absolute Gasteiger partial charge is 0.480 e. The normalized spacial score (nSPS) is 11.8. The van der Waals surface area contributed by atoms with E-state index in [1.807, 2.05) is 0 Å². The molecule has 1 aromatic heterocycles. The molecule has 0 aromatic carbocycles. The molecule has 2 amide bonds. The van der Waals surface area contributed by atoms with Crippen molar-refractivity contribution in [3.8, 4) is 0 Å². The Kier molecular flexibility index (Phi) is 6.44. The number of rotatable bonds is 6. The van der Waals surface area contributed by atoms with Crippen LogP contribution in [0.4, 0.5) is 0 Å². The number of carboxylic acid groups (broad SMARTS) is 1. The lowest BCUT2D eigenvalue weighted by Crippen LogP contribution is -2.46. The summed E-state index contributed by atoms with van der Waals surface area (Å²) >= 11 is 12.7. The third kappa shape index (κ3) is 4.87. The van der Waals surface area contributed by atoms with Crippen molar-refractivity contribution < 1.29 is 19.5 Å². The van der Waals surface area contributed by atoms with E-state index in [1.165, 1.54) is 19.9 Å². The SMILES string of the molecule is CC(=O)NCCN(C(=O)c1cc(Cl)sc1Cl)C(C)C(=O)O. The van der Waals surface area contributed by atoms with Gasteiger partial charge in [0, 0.05) is 20.0 Å². The molecule has 0 saturated heterocycles. The molecule has 1 rings (SSSR count). The van der Waals surface area contributed by atoms with Gasteiger partial charge in [-0.1, -0.05) is 23.2 Å². The van der Waals surface area contributed by atoms with Gasteiger partial charge in [-0.15, -0.1) is 11.3 Å². The lowest BCUT2D eigenvalue weighted by atomic mass is 10.2. The van der Waals surface area contributed by atoms with Crippen LogP contribution in [0.2, 0.25) is 8.67 Å². The smallest absolute Gasteiger partial charge is 0.326 e. The van der Waals surface area contributed by atoms with Crippen LogP contribution in [0.25, 0.3) is 0 Å². The first-order valence-electron chi connectivity index (χ1n) is 5.97. The molecular formula is C12H14Cl2N2O4S. The molecule has 0 aliphatic heterocycles. The summed E-state index contributed by atoms with van der Waals surface area (Å²) in [5, 5.41) is 11.6. The number of hydrogen-bond donors (Lipinski definition) is 2. The molecule has 0 aliphatic rings. The molecule has 1 unspecified atom stereocenters. The minimum Gasteiger partial charge on any atom is -0.480 e. The Morgan fingerprint density at radius 2 is 2.05 bits per heavy atom. The average Bonchev–Trinajstić information content (AvgIpc) is 2.72. The molecule has 9 heteroatoms. The molecule has 0 spiro atoms. The lowest BCUT2D eigenvalue weighted by molar-refractivity contribution is -0.141. The van der Waals surface area contributed by atoms with Gasteiger partial charge in [-0.25, -0.2) is 4.79 Å². The maximum absolute atomic E-state index is 12.4. The van der Waals surface area contributed by atoms with Gasteiger partial charge >= 0.3 is 5.97 Å². The number of halogens is 2. The van der Waals surface area contributed by atoms with E-state index in [0.717, 1.165) is 16.2 Å². The van der Waals surface area contributed by atoms with Crippen molar-refractivity contribution in [2.75, 3.05) is 13.1 Å². The van der Waals surface area contributed by atoms with E-state index < -0.39 is 17.9 Å². The minimum atomic E-state index is -1.15. The van der Waals surface area contributed by atoms with Crippen molar-refractivity contribution in [1.29, 1.82) is 0 Å². The zero-order valence-corrected chi connectivity index (χ0v) is 13.7. The van der Waals surface area contributed by atoms with Gasteiger partial charge in [0.15, 0.2) is 0 Å². The summed E-state index contributed by atoms with van der Waals surface area (Å²) in [7, 11) is 0. The standard InChI is InChI=1S/C12H14Cl2N2O4S/c1-6(12(19)20)16(4-3-15-7(2)17)11(18)8-5-9(13)21-10(8)14/h5-6H,3-4H2,1-2H3,(H,15,17)(H,19,20). The highest BCUT2D eigenvalue weighted by Crippen LogP contribution is 2.32. The summed E-state index contributed by atoms with van der Waals surface area (Å²) in [6, 6.07) is 0.345.